The molecule has 0 aromatic heterocycles. The number of hydrogen-bond acceptors (Lipinski definition) is 1. The normalized spacial score (nSPS) is 10.4. The van der Waals surface area contributed by atoms with E-state index in [1.807, 2.05) is 0 Å². The summed E-state index contributed by atoms with van der Waals surface area (Å²) in [6, 6.07) is 0. The van der Waals surface area contributed by atoms with E-state index in [0.717, 1.165) is 0 Å². The van der Waals surface area contributed by atoms with Gasteiger partial charge in [-0.05, 0) is 20.8 Å². The molecule has 0 aromatic rings. The molecule has 0 saturated heterocycles. The van der Waals surface area contributed by atoms with E-state index in [2.05, 4.69) is 13.8 Å². The molecule has 0 radical (unpaired) electrons. The van der Waals surface area contributed by atoms with Gasteiger partial charge in [-0.15, -0.1) is 0 Å². The van der Waals surface area contributed by atoms with Gasteiger partial charge in [0.2, 0.25) is 0 Å². The molecule has 0 aliphatic heterocycles. The van der Waals surface area contributed by atoms with Crippen LogP contribution in [-0.2, 0) is 4.79 Å². The van der Waals surface area contributed by atoms with Gasteiger partial charge >= 0.3 is 5.97 Å². The van der Waals surface area contributed by atoms with Crippen LogP contribution in [0.2, 0.25) is 0 Å². The molecule has 1 N–H and O–H groups in total. The Labute approximate surface area is 88.7 Å². The van der Waals surface area contributed by atoms with Crippen LogP contribution >= 0.6 is 0 Å². The van der Waals surface area contributed by atoms with Crippen molar-refractivity contribution in [1.82, 2.24) is 0 Å². The summed E-state index contributed by atoms with van der Waals surface area (Å²) in [5.74, 6) is -0.757. The third-order valence-electron chi connectivity index (χ3n) is 1.85. The molecular weight excluding hydrogens is 176 g/mol. The van der Waals surface area contributed by atoms with Crippen molar-refractivity contribution >= 4 is 5.97 Å². The van der Waals surface area contributed by atoms with Gasteiger partial charge in [-0.3, -0.25) is 4.79 Å². The van der Waals surface area contributed by atoms with Gasteiger partial charge in [0.25, 0.3) is 0 Å². The fourth-order valence-corrected chi connectivity index (χ4v) is 0.677. The molecule has 0 rings (SSSR count). The molecule has 0 atom stereocenters. The SMILES string of the molecule is CC(C)(C)C(=O)O.CCCCCCC. The summed E-state index contributed by atoms with van der Waals surface area (Å²) < 4.78 is 0. The zero-order valence-electron chi connectivity index (χ0n) is 10.4. The van der Waals surface area contributed by atoms with Gasteiger partial charge in [-0.1, -0.05) is 46.0 Å². The highest BCUT2D eigenvalue weighted by atomic mass is 16.4. The fraction of sp³-hybridized carbons (Fsp3) is 0.917. The van der Waals surface area contributed by atoms with Gasteiger partial charge in [-0.2, -0.15) is 0 Å². The van der Waals surface area contributed by atoms with Crippen molar-refractivity contribution in [3.63, 3.8) is 0 Å². The quantitative estimate of drug-likeness (QED) is 0.697. The van der Waals surface area contributed by atoms with Crippen molar-refractivity contribution in [2.24, 2.45) is 5.41 Å². The lowest BCUT2D eigenvalue weighted by atomic mass is 9.98. The number of carboxylic acids is 1. The molecule has 14 heavy (non-hydrogen) atoms. The first-order valence-electron chi connectivity index (χ1n) is 5.59. The Morgan fingerprint density at radius 1 is 1.00 bits per heavy atom. The second-order valence-electron chi connectivity index (χ2n) is 4.62. The molecule has 0 heterocycles. The van der Waals surface area contributed by atoms with Crippen LogP contribution in [0.5, 0.6) is 0 Å². The smallest absolute Gasteiger partial charge is 0.308 e. The maximum atomic E-state index is 10.0. The lowest BCUT2D eigenvalue weighted by Gasteiger charge is -2.08. The average Bonchev–Trinajstić information content (AvgIpc) is 2.05. The Kier molecular flexibility index (Phi) is 10.3. The summed E-state index contributed by atoms with van der Waals surface area (Å²) in [6.45, 7) is 9.48. The van der Waals surface area contributed by atoms with E-state index in [9.17, 15) is 4.79 Å². The zero-order chi connectivity index (χ0) is 11.6. The van der Waals surface area contributed by atoms with Crippen LogP contribution in [0, 0.1) is 5.41 Å². The highest BCUT2D eigenvalue weighted by Gasteiger charge is 2.18. The van der Waals surface area contributed by atoms with E-state index in [4.69, 9.17) is 5.11 Å². The lowest BCUT2D eigenvalue weighted by Crippen LogP contribution is -2.18. The van der Waals surface area contributed by atoms with Crippen LogP contribution in [0.4, 0.5) is 0 Å². The Hall–Kier alpha value is -0.530. The van der Waals surface area contributed by atoms with Crippen molar-refractivity contribution in [2.75, 3.05) is 0 Å². The molecule has 86 valence electrons. The van der Waals surface area contributed by atoms with E-state index in [-0.39, 0.29) is 0 Å². The molecule has 0 saturated carbocycles. The topological polar surface area (TPSA) is 37.3 Å². The van der Waals surface area contributed by atoms with Crippen molar-refractivity contribution in [3.05, 3.63) is 0 Å². The van der Waals surface area contributed by atoms with Crippen LogP contribution in [-0.4, -0.2) is 11.1 Å². The van der Waals surface area contributed by atoms with Crippen LogP contribution in [0.25, 0.3) is 0 Å². The number of aliphatic carboxylic acids is 1. The van der Waals surface area contributed by atoms with Crippen LogP contribution in [0.3, 0.4) is 0 Å². The molecule has 0 aromatic carbocycles. The predicted molar refractivity (Wildman–Crippen MR) is 61.5 cm³/mol. The lowest BCUT2D eigenvalue weighted by molar-refractivity contribution is -0.145. The van der Waals surface area contributed by atoms with Gasteiger partial charge in [0.15, 0.2) is 0 Å². The van der Waals surface area contributed by atoms with Gasteiger partial charge < -0.3 is 5.11 Å². The molecule has 0 spiro atoms. The Morgan fingerprint density at radius 2 is 1.29 bits per heavy atom. The van der Waals surface area contributed by atoms with Crippen molar-refractivity contribution in [3.8, 4) is 0 Å². The summed E-state index contributed by atoms with van der Waals surface area (Å²) in [5.41, 5.74) is -0.583. The Morgan fingerprint density at radius 3 is 1.43 bits per heavy atom. The van der Waals surface area contributed by atoms with Gasteiger partial charge in [0, 0.05) is 0 Å². The van der Waals surface area contributed by atoms with E-state index in [1.54, 1.807) is 20.8 Å². The first kappa shape index (κ1) is 15.9. The predicted octanol–water partition coefficient (Wildman–Crippen LogP) is 4.09. The Bertz CT molecular complexity index is 130. The van der Waals surface area contributed by atoms with Crippen molar-refractivity contribution in [1.29, 1.82) is 0 Å². The summed E-state index contributed by atoms with van der Waals surface area (Å²) in [4.78, 5) is 10.0. The van der Waals surface area contributed by atoms with E-state index < -0.39 is 11.4 Å². The summed E-state index contributed by atoms with van der Waals surface area (Å²) >= 11 is 0. The van der Waals surface area contributed by atoms with E-state index in [1.165, 1.54) is 32.1 Å². The molecule has 0 aliphatic rings. The molecule has 0 unspecified atom stereocenters. The average molecular weight is 202 g/mol. The van der Waals surface area contributed by atoms with Crippen molar-refractivity contribution in [2.45, 2.75) is 66.7 Å². The number of carbonyl (C=O) groups is 1. The maximum Gasteiger partial charge on any atom is 0.308 e. The highest BCUT2D eigenvalue weighted by molar-refractivity contribution is 5.72. The third-order valence-corrected chi connectivity index (χ3v) is 1.85. The van der Waals surface area contributed by atoms with Crippen LogP contribution in [0.1, 0.15) is 66.7 Å². The van der Waals surface area contributed by atoms with Gasteiger partial charge in [0.05, 0.1) is 5.41 Å². The van der Waals surface area contributed by atoms with Gasteiger partial charge in [-0.25, -0.2) is 0 Å². The number of rotatable bonds is 4. The molecule has 2 nitrogen and oxygen atoms in total. The van der Waals surface area contributed by atoms with Gasteiger partial charge in [0.1, 0.15) is 0 Å². The molecule has 0 bridgehead atoms. The maximum absolute atomic E-state index is 10.0. The molecule has 0 aliphatic carbocycles. The fourth-order valence-electron chi connectivity index (χ4n) is 0.677. The van der Waals surface area contributed by atoms with Crippen LogP contribution in [0.15, 0.2) is 0 Å². The minimum absolute atomic E-state index is 0.583. The second kappa shape index (κ2) is 9.04. The Balaban J connectivity index is 0. The summed E-state index contributed by atoms with van der Waals surface area (Å²) in [5, 5.41) is 8.25. The minimum Gasteiger partial charge on any atom is -0.481 e. The molecular formula is C12H26O2. The van der Waals surface area contributed by atoms with E-state index in [0.29, 0.717) is 0 Å². The highest BCUT2D eigenvalue weighted by Crippen LogP contribution is 2.11. The summed E-state index contributed by atoms with van der Waals surface area (Å²) in [6.07, 6.45) is 7.01. The zero-order valence-corrected chi connectivity index (χ0v) is 10.4. The molecule has 0 fully saturated rings. The minimum atomic E-state index is -0.757. The standard InChI is InChI=1S/C7H16.C5H10O2/c1-3-5-7-6-4-2;1-5(2,3)4(6)7/h3-7H2,1-2H3;1-3H3,(H,6,7). The molecule has 0 amide bonds. The van der Waals surface area contributed by atoms with Crippen molar-refractivity contribution < 1.29 is 9.90 Å². The number of carboxylic acid groups (broad SMARTS) is 1. The number of unbranched alkanes of at least 4 members (excludes halogenated alkanes) is 4. The second-order valence-corrected chi connectivity index (χ2v) is 4.62. The third kappa shape index (κ3) is 14.0. The molecule has 2 heteroatoms. The number of hydrogen-bond donors (Lipinski definition) is 1. The van der Waals surface area contributed by atoms with E-state index >= 15 is 0 Å². The van der Waals surface area contributed by atoms with Crippen LogP contribution < -0.4 is 0 Å². The monoisotopic (exact) mass is 202 g/mol. The summed E-state index contributed by atoms with van der Waals surface area (Å²) in [7, 11) is 0. The first-order valence-corrected chi connectivity index (χ1v) is 5.59. The largest absolute Gasteiger partial charge is 0.481 e. The first-order chi connectivity index (χ1) is 6.36.